The molecule has 4 rings (SSSR count). The molecule has 0 bridgehead atoms. The van der Waals surface area contributed by atoms with Crippen molar-refractivity contribution in [1.29, 1.82) is 0 Å². The summed E-state index contributed by atoms with van der Waals surface area (Å²) < 4.78 is 0. The van der Waals surface area contributed by atoms with Gasteiger partial charge in [-0.2, -0.15) is 0 Å². The average molecular weight is 364 g/mol. The quantitative estimate of drug-likeness (QED) is 0.545. The molecule has 26 heavy (non-hydrogen) atoms. The molecule has 0 unspecified atom stereocenters. The van der Waals surface area contributed by atoms with Crippen LogP contribution < -0.4 is 5.32 Å². The van der Waals surface area contributed by atoms with Gasteiger partial charge in [0.05, 0.1) is 10.7 Å². The maximum atomic E-state index is 12.6. The molecule has 0 radical (unpaired) electrons. The molecule has 1 fully saturated rings. The van der Waals surface area contributed by atoms with Crippen LogP contribution in [0.25, 0.3) is 10.8 Å². The number of fused-ring (bicyclic) bond motifs is 1. The summed E-state index contributed by atoms with van der Waals surface area (Å²) in [5.74, 6) is 0.467. The SMILES string of the molecule is O=C(Nc1ccc(C2CCCCC2)cc1Cl)c1ccc2ccccc2c1. The van der Waals surface area contributed by atoms with E-state index in [1.165, 1.54) is 37.7 Å². The minimum absolute atomic E-state index is 0.136. The van der Waals surface area contributed by atoms with Gasteiger partial charge in [-0.3, -0.25) is 4.79 Å². The summed E-state index contributed by atoms with van der Waals surface area (Å²) in [6.07, 6.45) is 6.40. The van der Waals surface area contributed by atoms with Crippen LogP contribution in [-0.4, -0.2) is 5.91 Å². The molecule has 1 amide bonds. The first-order valence-corrected chi connectivity index (χ1v) is 9.68. The second-order valence-electron chi connectivity index (χ2n) is 7.09. The van der Waals surface area contributed by atoms with Crippen molar-refractivity contribution >= 4 is 34.0 Å². The van der Waals surface area contributed by atoms with Crippen LogP contribution in [0.15, 0.2) is 60.7 Å². The van der Waals surface area contributed by atoms with Gasteiger partial charge in [-0.15, -0.1) is 0 Å². The molecule has 1 aliphatic carbocycles. The van der Waals surface area contributed by atoms with Crippen LogP contribution in [0.5, 0.6) is 0 Å². The Kier molecular flexibility index (Phi) is 4.94. The lowest BCUT2D eigenvalue weighted by molar-refractivity contribution is 0.102. The second kappa shape index (κ2) is 7.51. The second-order valence-corrected chi connectivity index (χ2v) is 7.50. The van der Waals surface area contributed by atoms with Gasteiger partial charge in [0, 0.05) is 5.56 Å². The van der Waals surface area contributed by atoms with Gasteiger partial charge in [0.1, 0.15) is 0 Å². The highest BCUT2D eigenvalue weighted by Crippen LogP contribution is 2.35. The predicted octanol–water partition coefficient (Wildman–Crippen LogP) is 6.79. The number of hydrogen-bond acceptors (Lipinski definition) is 1. The van der Waals surface area contributed by atoms with E-state index in [-0.39, 0.29) is 5.91 Å². The number of hydrogen-bond donors (Lipinski definition) is 1. The van der Waals surface area contributed by atoms with Crippen molar-refractivity contribution in [2.24, 2.45) is 0 Å². The molecule has 3 aromatic rings. The van der Waals surface area contributed by atoms with E-state index in [0.29, 0.717) is 22.2 Å². The smallest absolute Gasteiger partial charge is 0.255 e. The predicted molar refractivity (Wildman–Crippen MR) is 109 cm³/mol. The number of nitrogens with one attached hydrogen (secondary N) is 1. The molecule has 2 nitrogen and oxygen atoms in total. The van der Waals surface area contributed by atoms with Gasteiger partial charge in [0.25, 0.3) is 5.91 Å². The number of carbonyl (C=O) groups is 1. The monoisotopic (exact) mass is 363 g/mol. The minimum Gasteiger partial charge on any atom is -0.321 e. The number of halogens is 1. The Balaban J connectivity index is 1.53. The van der Waals surface area contributed by atoms with Crippen LogP contribution in [0.1, 0.15) is 53.9 Å². The van der Waals surface area contributed by atoms with Crippen molar-refractivity contribution in [3.05, 3.63) is 76.8 Å². The number of carbonyl (C=O) groups excluding carboxylic acids is 1. The fraction of sp³-hybridized carbons (Fsp3) is 0.261. The highest BCUT2D eigenvalue weighted by atomic mass is 35.5. The molecule has 1 saturated carbocycles. The van der Waals surface area contributed by atoms with Gasteiger partial charge < -0.3 is 5.32 Å². The largest absolute Gasteiger partial charge is 0.321 e. The van der Waals surface area contributed by atoms with Gasteiger partial charge in [0.2, 0.25) is 0 Å². The van der Waals surface area contributed by atoms with Gasteiger partial charge in [0.15, 0.2) is 0 Å². The van der Waals surface area contributed by atoms with Gasteiger partial charge in [-0.05, 0) is 59.4 Å². The fourth-order valence-electron chi connectivity index (χ4n) is 3.85. The van der Waals surface area contributed by atoms with Gasteiger partial charge >= 0.3 is 0 Å². The highest BCUT2D eigenvalue weighted by molar-refractivity contribution is 6.34. The molecule has 0 aliphatic heterocycles. The highest BCUT2D eigenvalue weighted by Gasteiger charge is 2.17. The van der Waals surface area contributed by atoms with E-state index < -0.39 is 0 Å². The summed E-state index contributed by atoms with van der Waals surface area (Å²) in [7, 11) is 0. The molecule has 3 heteroatoms. The molecule has 3 aromatic carbocycles. The molecular weight excluding hydrogens is 342 g/mol. The molecule has 1 N–H and O–H groups in total. The first kappa shape index (κ1) is 17.1. The Labute approximate surface area is 159 Å². The van der Waals surface area contributed by atoms with Crippen LogP contribution in [0, 0.1) is 0 Å². The zero-order chi connectivity index (χ0) is 17.9. The van der Waals surface area contributed by atoms with E-state index >= 15 is 0 Å². The van der Waals surface area contributed by atoms with Crippen LogP contribution in [-0.2, 0) is 0 Å². The Bertz CT molecular complexity index is 944. The van der Waals surface area contributed by atoms with Crippen LogP contribution >= 0.6 is 11.6 Å². The first-order chi connectivity index (χ1) is 12.7. The van der Waals surface area contributed by atoms with Crippen LogP contribution in [0.3, 0.4) is 0 Å². The summed E-state index contributed by atoms with van der Waals surface area (Å²) in [5, 5.41) is 5.74. The van der Waals surface area contributed by atoms with Gasteiger partial charge in [-0.25, -0.2) is 0 Å². The van der Waals surface area contributed by atoms with E-state index in [0.717, 1.165) is 10.8 Å². The van der Waals surface area contributed by atoms with E-state index in [1.807, 2.05) is 54.6 Å². The molecule has 0 atom stereocenters. The van der Waals surface area contributed by atoms with Gasteiger partial charge in [-0.1, -0.05) is 67.3 Å². The van der Waals surface area contributed by atoms with E-state index in [4.69, 9.17) is 11.6 Å². The number of anilines is 1. The third-order valence-electron chi connectivity index (χ3n) is 5.33. The normalized spacial score (nSPS) is 15.1. The van der Waals surface area contributed by atoms with E-state index in [9.17, 15) is 4.79 Å². The standard InChI is InChI=1S/C23H22ClNO/c24-21-15-19(16-6-2-1-3-7-16)12-13-22(21)25-23(26)20-11-10-17-8-4-5-9-18(17)14-20/h4-5,8-16H,1-3,6-7H2,(H,25,26). The van der Waals surface area contributed by atoms with Crippen molar-refractivity contribution in [3.8, 4) is 0 Å². The lowest BCUT2D eigenvalue weighted by Gasteiger charge is -2.22. The maximum absolute atomic E-state index is 12.6. The number of rotatable bonds is 3. The lowest BCUT2D eigenvalue weighted by Crippen LogP contribution is -2.12. The molecule has 132 valence electrons. The Hall–Kier alpha value is -2.32. The van der Waals surface area contributed by atoms with Crippen molar-refractivity contribution in [1.82, 2.24) is 0 Å². The molecule has 1 aliphatic rings. The third kappa shape index (κ3) is 3.61. The van der Waals surface area contributed by atoms with Crippen molar-refractivity contribution in [2.45, 2.75) is 38.0 Å². The molecule has 0 saturated heterocycles. The molecule has 0 spiro atoms. The maximum Gasteiger partial charge on any atom is 0.255 e. The average Bonchev–Trinajstić information content (AvgIpc) is 2.69. The molecule has 0 aromatic heterocycles. The molecular formula is C23H22ClNO. The van der Waals surface area contributed by atoms with Crippen molar-refractivity contribution in [3.63, 3.8) is 0 Å². The molecule has 0 heterocycles. The third-order valence-corrected chi connectivity index (χ3v) is 5.64. The summed E-state index contributed by atoms with van der Waals surface area (Å²) >= 11 is 6.46. The van der Waals surface area contributed by atoms with E-state index in [1.54, 1.807) is 0 Å². The van der Waals surface area contributed by atoms with E-state index in [2.05, 4.69) is 11.4 Å². The van der Waals surface area contributed by atoms with Crippen LogP contribution in [0.2, 0.25) is 5.02 Å². The summed E-state index contributed by atoms with van der Waals surface area (Å²) in [6.45, 7) is 0. The summed E-state index contributed by atoms with van der Waals surface area (Å²) in [5.41, 5.74) is 2.60. The summed E-state index contributed by atoms with van der Waals surface area (Å²) in [4.78, 5) is 12.6. The Morgan fingerprint density at radius 2 is 1.65 bits per heavy atom. The Morgan fingerprint density at radius 1 is 0.885 bits per heavy atom. The zero-order valence-corrected chi connectivity index (χ0v) is 15.4. The van der Waals surface area contributed by atoms with Crippen molar-refractivity contribution < 1.29 is 4.79 Å². The number of benzene rings is 3. The first-order valence-electron chi connectivity index (χ1n) is 9.30. The minimum atomic E-state index is -0.136. The summed E-state index contributed by atoms with van der Waals surface area (Å²) in [6, 6.07) is 19.8. The lowest BCUT2D eigenvalue weighted by atomic mass is 9.84. The van der Waals surface area contributed by atoms with Crippen LogP contribution in [0.4, 0.5) is 5.69 Å². The fourth-order valence-corrected chi connectivity index (χ4v) is 4.08. The zero-order valence-electron chi connectivity index (χ0n) is 14.7. The van der Waals surface area contributed by atoms with Crippen molar-refractivity contribution in [2.75, 3.05) is 5.32 Å². The Morgan fingerprint density at radius 3 is 2.42 bits per heavy atom. The topological polar surface area (TPSA) is 29.1 Å². The number of amides is 1.